The predicted molar refractivity (Wildman–Crippen MR) is 270 cm³/mol. The van der Waals surface area contributed by atoms with Gasteiger partial charge in [-0.05, 0) is 83.5 Å². The third-order valence-corrected chi connectivity index (χ3v) is 10.4. The van der Waals surface area contributed by atoms with Crippen LogP contribution in [0.25, 0.3) is 0 Å². The number of carbonyl (C=O) groups is 3. The fraction of sp³-hybridized carbons (Fsp3) is 0.632. The Morgan fingerprint density at radius 2 is 0.635 bits per heavy atom. The van der Waals surface area contributed by atoms with E-state index in [1.807, 2.05) is 48.6 Å². The molecule has 1 atom stereocenters. The Morgan fingerprint density at radius 1 is 0.333 bits per heavy atom. The third-order valence-electron chi connectivity index (χ3n) is 10.4. The average Bonchev–Trinajstić information content (AvgIpc) is 3.28. The standard InChI is InChI=1S/C57H92O6/c1-4-7-10-13-16-19-22-25-28-31-34-37-40-43-46-49-55(58)61-52-54(63-57(60)51-48-45-42-39-36-33-30-27-24-21-18-15-12-9-6-3)53-62-56(59)50-47-44-41-38-35-32-29-26-23-20-17-14-11-8-5-2/h7,9-10,12-13,15-16,18-25,28,31,34,54H,4-6,8,11,14,17,26-27,29-30,32-33,35-53H2,1-3H3/b10-7-,12-9-,16-13-,18-15-,22-19-,23-20-,24-21-,28-25-,34-31-. The fourth-order valence-electron chi connectivity index (χ4n) is 6.63. The summed E-state index contributed by atoms with van der Waals surface area (Å²) in [6.45, 7) is 6.29. The zero-order chi connectivity index (χ0) is 45.8. The Labute approximate surface area is 387 Å². The Balaban J connectivity index is 4.50. The summed E-state index contributed by atoms with van der Waals surface area (Å²) < 4.78 is 16.7. The molecular weight excluding hydrogens is 781 g/mol. The summed E-state index contributed by atoms with van der Waals surface area (Å²) in [5, 5.41) is 0. The molecule has 6 heteroatoms. The van der Waals surface area contributed by atoms with E-state index >= 15 is 0 Å². The molecule has 0 saturated heterocycles. The van der Waals surface area contributed by atoms with Crippen LogP contribution >= 0.6 is 0 Å². The van der Waals surface area contributed by atoms with Crippen LogP contribution in [0.5, 0.6) is 0 Å². The maximum absolute atomic E-state index is 12.8. The first-order valence-corrected chi connectivity index (χ1v) is 25.5. The molecule has 6 nitrogen and oxygen atoms in total. The topological polar surface area (TPSA) is 78.9 Å². The molecule has 0 radical (unpaired) electrons. The molecule has 0 N–H and O–H groups in total. The Kier molecular flexibility index (Phi) is 47.5. The van der Waals surface area contributed by atoms with Gasteiger partial charge >= 0.3 is 17.9 Å². The van der Waals surface area contributed by atoms with Gasteiger partial charge < -0.3 is 14.2 Å². The Morgan fingerprint density at radius 3 is 1.03 bits per heavy atom. The van der Waals surface area contributed by atoms with Crippen molar-refractivity contribution >= 4 is 17.9 Å². The third kappa shape index (κ3) is 49.0. The number of ether oxygens (including phenoxy) is 3. The van der Waals surface area contributed by atoms with Gasteiger partial charge in [-0.3, -0.25) is 14.4 Å². The molecule has 0 amide bonds. The molecule has 0 aliphatic heterocycles. The first-order chi connectivity index (χ1) is 31.0. The number of rotatable bonds is 44. The quantitative estimate of drug-likeness (QED) is 0.0199. The summed E-state index contributed by atoms with van der Waals surface area (Å²) in [5.74, 6) is -0.967. The van der Waals surface area contributed by atoms with E-state index in [2.05, 4.69) is 81.5 Å². The summed E-state index contributed by atoms with van der Waals surface area (Å²) in [6, 6.07) is 0. The number of esters is 3. The molecule has 0 fully saturated rings. The lowest BCUT2D eigenvalue weighted by Gasteiger charge is -2.18. The van der Waals surface area contributed by atoms with Crippen molar-refractivity contribution in [2.45, 2.75) is 219 Å². The molecule has 0 rings (SSSR count). The summed E-state index contributed by atoms with van der Waals surface area (Å²) in [6.07, 6.45) is 67.8. The summed E-state index contributed by atoms with van der Waals surface area (Å²) in [4.78, 5) is 38.0. The van der Waals surface area contributed by atoms with E-state index in [4.69, 9.17) is 14.2 Å². The van der Waals surface area contributed by atoms with Crippen LogP contribution in [0, 0.1) is 0 Å². The molecule has 356 valence electrons. The number of hydrogen-bond donors (Lipinski definition) is 0. The van der Waals surface area contributed by atoms with Crippen LogP contribution in [-0.4, -0.2) is 37.2 Å². The second-order valence-corrected chi connectivity index (χ2v) is 16.5. The van der Waals surface area contributed by atoms with Crippen LogP contribution in [0.15, 0.2) is 109 Å². The summed E-state index contributed by atoms with van der Waals surface area (Å²) >= 11 is 0. The van der Waals surface area contributed by atoms with Crippen molar-refractivity contribution in [1.29, 1.82) is 0 Å². The number of hydrogen-bond acceptors (Lipinski definition) is 6. The number of carbonyl (C=O) groups excluding carboxylic acids is 3. The summed E-state index contributed by atoms with van der Waals surface area (Å²) in [5.41, 5.74) is 0. The maximum atomic E-state index is 12.8. The van der Waals surface area contributed by atoms with Crippen LogP contribution in [-0.2, 0) is 28.6 Å². The van der Waals surface area contributed by atoms with Crippen LogP contribution in [0.1, 0.15) is 213 Å². The van der Waals surface area contributed by atoms with Crippen molar-refractivity contribution in [3.63, 3.8) is 0 Å². The van der Waals surface area contributed by atoms with Gasteiger partial charge in [0.2, 0.25) is 0 Å². The highest BCUT2D eigenvalue weighted by atomic mass is 16.6. The first kappa shape index (κ1) is 59.1. The highest BCUT2D eigenvalue weighted by Crippen LogP contribution is 2.14. The van der Waals surface area contributed by atoms with Gasteiger partial charge in [-0.15, -0.1) is 0 Å². The molecular formula is C57H92O6. The second-order valence-electron chi connectivity index (χ2n) is 16.5. The van der Waals surface area contributed by atoms with E-state index in [1.165, 1.54) is 83.5 Å². The molecule has 1 unspecified atom stereocenters. The Hall–Kier alpha value is -3.93. The Bertz CT molecular complexity index is 1330. The molecule has 0 aliphatic carbocycles. The molecule has 0 spiro atoms. The number of unbranched alkanes of at least 4 members (excludes halogenated alkanes) is 21. The van der Waals surface area contributed by atoms with Gasteiger partial charge in [0.15, 0.2) is 6.10 Å². The van der Waals surface area contributed by atoms with E-state index in [-0.39, 0.29) is 31.1 Å². The minimum Gasteiger partial charge on any atom is -0.462 e. The molecule has 0 bridgehead atoms. The SMILES string of the molecule is CC\C=C/C=C\C=C/C=C\C=C/CCCCCC(=O)OCC(COC(=O)CCCCCCCCC/C=C\CCCCCC)OC(=O)CCCCCCCCC\C=C/C=C\C=C/CC. The zero-order valence-electron chi connectivity index (χ0n) is 40.5. The van der Waals surface area contributed by atoms with E-state index in [0.717, 1.165) is 89.9 Å². The molecule has 63 heavy (non-hydrogen) atoms. The average molecular weight is 873 g/mol. The minimum absolute atomic E-state index is 0.101. The highest BCUT2D eigenvalue weighted by molar-refractivity contribution is 5.71. The van der Waals surface area contributed by atoms with Gasteiger partial charge in [0, 0.05) is 19.3 Å². The highest BCUT2D eigenvalue weighted by Gasteiger charge is 2.19. The molecule has 0 saturated carbocycles. The maximum Gasteiger partial charge on any atom is 0.306 e. The minimum atomic E-state index is -0.805. The van der Waals surface area contributed by atoms with Crippen LogP contribution in [0.4, 0.5) is 0 Å². The predicted octanol–water partition coefficient (Wildman–Crippen LogP) is 16.8. The number of allylic oxidation sites excluding steroid dienone is 18. The van der Waals surface area contributed by atoms with Crippen molar-refractivity contribution < 1.29 is 28.6 Å². The molecule has 0 aromatic heterocycles. The molecule has 0 aliphatic rings. The van der Waals surface area contributed by atoms with Gasteiger partial charge in [0.1, 0.15) is 13.2 Å². The first-order valence-electron chi connectivity index (χ1n) is 25.5. The van der Waals surface area contributed by atoms with Crippen molar-refractivity contribution in [1.82, 2.24) is 0 Å². The lowest BCUT2D eigenvalue weighted by atomic mass is 10.1. The second kappa shape index (κ2) is 50.7. The molecule has 0 aromatic rings. The lowest BCUT2D eigenvalue weighted by molar-refractivity contribution is -0.167. The monoisotopic (exact) mass is 873 g/mol. The van der Waals surface area contributed by atoms with Gasteiger partial charge in [-0.2, -0.15) is 0 Å². The smallest absolute Gasteiger partial charge is 0.306 e. The fourth-order valence-corrected chi connectivity index (χ4v) is 6.63. The van der Waals surface area contributed by atoms with E-state index in [0.29, 0.717) is 19.3 Å². The van der Waals surface area contributed by atoms with Gasteiger partial charge in [0.25, 0.3) is 0 Å². The summed E-state index contributed by atoms with van der Waals surface area (Å²) in [7, 11) is 0. The van der Waals surface area contributed by atoms with Crippen molar-refractivity contribution in [2.75, 3.05) is 13.2 Å². The van der Waals surface area contributed by atoms with Crippen LogP contribution < -0.4 is 0 Å². The lowest BCUT2D eigenvalue weighted by Crippen LogP contribution is -2.30. The normalized spacial score (nSPS) is 13.0. The molecule has 0 aromatic carbocycles. The van der Waals surface area contributed by atoms with Crippen molar-refractivity contribution in [2.24, 2.45) is 0 Å². The molecule has 0 heterocycles. The van der Waals surface area contributed by atoms with E-state index < -0.39 is 6.10 Å². The van der Waals surface area contributed by atoms with Gasteiger partial charge in [-0.1, -0.05) is 220 Å². The van der Waals surface area contributed by atoms with Crippen molar-refractivity contribution in [3.05, 3.63) is 109 Å². The van der Waals surface area contributed by atoms with E-state index in [1.54, 1.807) is 0 Å². The largest absolute Gasteiger partial charge is 0.462 e. The van der Waals surface area contributed by atoms with Gasteiger partial charge in [-0.25, -0.2) is 0 Å². The zero-order valence-corrected chi connectivity index (χ0v) is 40.5. The van der Waals surface area contributed by atoms with E-state index in [9.17, 15) is 14.4 Å². The van der Waals surface area contributed by atoms with Gasteiger partial charge in [0.05, 0.1) is 0 Å². The van der Waals surface area contributed by atoms with Crippen LogP contribution in [0.3, 0.4) is 0 Å². The van der Waals surface area contributed by atoms with Crippen molar-refractivity contribution in [3.8, 4) is 0 Å². The van der Waals surface area contributed by atoms with Crippen LogP contribution in [0.2, 0.25) is 0 Å².